The molecule has 0 fully saturated rings. The van der Waals surface area contributed by atoms with E-state index in [1.807, 2.05) is 45.9 Å². The number of para-hydroxylation sites is 1. The van der Waals surface area contributed by atoms with Gasteiger partial charge in [0.05, 0.1) is 4.88 Å². The number of nitrogens with one attached hydrogen (secondary N) is 2. The van der Waals surface area contributed by atoms with E-state index in [0.29, 0.717) is 10.6 Å². The fraction of sp³-hybridized carbons (Fsp3) is 0.381. The van der Waals surface area contributed by atoms with Gasteiger partial charge in [-0.15, -0.1) is 11.3 Å². The Bertz CT molecular complexity index is 826. The van der Waals surface area contributed by atoms with Crippen LogP contribution in [-0.2, 0) is 14.3 Å². The largest absolute Gasteiger partial charge is 0.451 e. The first-order valence-corrected chi connectivity index (χ1v) is 10.0. The molecule has 0 unspecified atom stereocenters. The fourth-order valence-electron chi connectivity index (χ4n) is 2.66. The highest BCUT2D eigenvalue weighted by Gasteiger charge is 2.29. The third-order valence-corrected chi connectivity index (χ3v) is 5.21. The quantitative estimate of drug-likeness (QED) is 0.692. The zero-order valence-corrected chi connectivity index (χ0v) is 17.6. The SMILES string of the molecule is Cc1cccc(C)c1NC(=O)[C@@H](C)OC(=O)[C@H](NC(=O)c1cccs1)C(C)C. The average molecular weight is 403 g/mol. The van der Waals surface area contributed by atoms with Crippen LogP contribution in [0.25, 0.3) is 0 Å². The van der Waals surface area contributed by atoms with Crippen molar-refractivity contribution in [1.29, 1.82) is 0 Å². The molecule has 2 rings (SSSR count). The van der Waals surface area contributed by atoms with Crippen LogP contribution in [0.3, 0.4) is 0 Å². The van der Waals surface area contributed by atoms with Crippen LogP contribution in [0.4, 0.5) is 5.69 Å². The second kappa shape index (κ2) is 9.50. The van der Waals surface area contributed by atoms with E-state index in [1.165, 1.54) is 18.3 Å². The first-order valence-electron chi connectivity index (χ1n) is 9.12. The summed E-state index contributed by atoms with van der Waals surface area (Å²) >= 11 is 1.29. The van der Waals surface area contributed by atoms with E-state index in [0.717, 1.165) is 11.1 Å². The van der Waals surface area contributed by atoms with Crippen LogP contribution in [0, 0.1) is 19.8 Å². The second-order valence-corrected chi connectivity index (χ2v) is 7.96. The van der Waals surface area contributed by atoms with Gasteiger partial charge in [0.25, 0.3) is 11.8 Å². The number of rotatable bonds is 7. The Kier molecular flexibility index (Phi) is 7.34. The number of carbonyl (C=O) groups excluding carboxylic acids is 3. The highest BCUT2D eigenvalue weighted by atomic mass is 32.1. The molecule has 2 aromatic rings. The van der Waals surface area contributed by atoms with Crippen molar-refractivity contribution in [3.8, 4) is 0 Å². The van der Waals surface area contributed by atoms with E-state index in [-0.39, 0.29) is 11.8 Å². The summed E-state index contributed by atoms with van der Waals surface area (Å²) in [5, 5.41) is 7.30. The molecule has 0 saturated heterocycles. The summed E-state index contributed by atoms with van der Waals surface area (Å²) in [5.74, 6) is -1.58. The summed E-state index contributed by atoms with van der Waals surface area (Å²) in [4.78, 5) is 37.8. The Morgan fingerprint density at radius 2 is 1.64 bits per heavy atom. The molecular weight excluding hydrogens is 376 g/mol. The summed E-state index contributed by atoms with van der Waals surface area (Å²) in [7, 11) is 0. The first-order chi connectivity index (χ1) is 13.2. The number of hydrogen-bond donors (Lipinski definition) is 2. The lowest BCUT2D eigenvalue weighted by Crippen LogP contribution is -2.47. The van der Waals surface area contributed by atoms with E-state index in [1.54, 1.807) is 17.5 Å². The molecule has 2 N–H and O–H groups in total. The Morgan fingerprint density at radius 1 is 1.00 bits per heavy atom. The van der Waals surface area contributed by atoms with Crippen molar-refractivity contribution in [3.63, 3.8) is 0 Å². The summed E-state index contributed by atoms with van der Waals surface area (Å²) in [6.45, 7) is 8.92. The molecule has 7 heteroatoms. The number of esters is 1. The molecule has 28 heavy (non-hydrogen) atoms. The maximum absolute atomic E-state index is 12.6. The Hall–Kier alpha value is -2.67. The number of aryl methyl sites for hydroxylation is 2. The van der Waals surface area contributed by atoms with Crippen LogP contribution >= 0.6 is 11.3 Å². The van der Waals surface area contributed by atoms with Gasteiger partial charge in [-0.1, -0.05) is 38.1 Å². The van der Waals surface area contributed by atoms with Crippen molar-refractivity contribution >= 4 is 34.8 Å². The summed E-state index contributed by atoms with van der Waals surface area (Å²) < 4.78 is 5.34. The number of carbonyl (C=O) groups is 3. The minimum atomic E-state index is -0.994. The molecule has 2 amide bonds. The molecule has 0 aliphatic rings. The standard InChI is InChI=1S/C21H26N2O4S/c1-12(2)17(22-20(25)16-10-7-11-28-16)21(26)27-15(5)19(24)23-18-13(3)8-6-9-14(18)4/h6-12,15,17H,1-5H3,(H,22,25)(H,23,24)/t15-,17-/m1/s1. The van der Waals surface area contributed by atoms with Gasteiger partial charge in [-0.25, -0.2) is 4.79 Å². The molecule has 6 nitrogen and oxygen atoms in total. The fourth-order valence-corrected chi connectivity index (χ4v) is 3.28. The summed E-state index contributed by atoms with van der Waals surface area (Å²) in [6.07, 6.45) is -0.994. The maximum atomic E-state index is 12.6. The number of anilines is 1. The third-order valence-electron chi connectivity index (χ3n) is 4.34. The Balaban J connectivity index is 2.01. The molecule has 1 aromatic carbocycles. The van der Waals surface area contributed by atoms with Gasteiger partial charge in [0.15, 0.2) is 6.10 Å². The minimum absolute atomic E-state index is 0.190. The molecule has 150 valence electrons. The van der Waals surface area contributed by atoms with Gasteiger partial charge in [0, 0.05) is 5.69 Å². The molecule has 1 heterocycles. The van der Waals surface area contributed by atoms with Gasteiger partial charge in [0.1, 0.15) is 6.04 Å². The van der Waals surface area contributed by atoms with Crippen molar-refractivity contribution in [2.75, 3.05) is 5.32 Å². The van der Waals surface area contributed by atoms with Crippen molar-refractivity contribution < 1.29 is 19.1 Å². The van der Waals surface area contributed by atoms with E-state index < -0.39 is 24.0 Å². The average Bonchev–Trinajstić information content (AvgIpc) is 3.16. The van der Waals surface area contributed by atoms with Gasteiger partial charge in [-0.2, -0.15) is 0 Å². The number of hydrogen-bond acceptors (Lipinski definition) is 5. The predicted octanol–water partition coefficient (Wildman–Crippen LogP) is 3.69. The zero-order chi connectivity index (χ0) is 20.8. The topological polar surface area (TPSA) is 84.5 Å². The highest BCUT2D eigenvalue weighted by molar-refractivity contribution is 7.12. The summed E-state index contributed by atoms with van der Waals surface area (Å²) in [6, 6.07) is 8.31. The molecule has 1 aromatic heterocycles. The van der Waals surface area contributed by atoms with Crippen LogP contribution in [0.1, 0.15) is 41.6 Å². The van der Waals surface area contributed by atoms with Crippen LogP contribution in [0.15, 0.2) is 35.7 Å². The van der Waals surface area contributed by atoms with Gasteiger partial charge >= 0.3 is 5.97 Å². The van der Waals surface area contributed by atoms with E-state index in [4.69, 9.17) is 4.74 Å². The van der Waals surface area contributed by atoms with Crippen molar-refractivity contribution in [1.82, 2.24) is 5.32 Å². The number of amides is 2. The number of thiophene rings is 1. The third kappa shape index (κ3) is 5.42. The van der Waals surface area contributed by atoms with E-state index in [9.17, 15) is 14.4 Å². The zero-order valence-electron chi connectivity index (χ0n) is 16.7. The molecular formula is C21H26N2O4S. The van der Waals surface area contributed by atoms with Gasteiger partial charge < -0.3 is 15.4 Å². The van der Waals surface area contributed by atoms with Gasteiger partial charge in [-0.3, -0.25) is 9.59 Å². The van der Waals surface area contributed by atoms with E-state index >= 15 is 0 Å². The summed E-state index contributed by atoms with van der Waals surface area (Å²) in [5.41, 5.74) is 2.56. The smallest absolute Gasteiger partial charge is 0.329 e. The predicted molar refractivity (Wildman–Crippen MR) is 111 cm³/mol. The molecule has 0 radical (unpaired) electrons. The maximum Gasteiger partial charge on any atom is 0.329 e. The van der Waals surface area contributed by atoms with Crippen LogP contribution in [-0.4, -0.2) is 29.9 Å². The Labute approximate surface area is 169 Å². The minimum Gasteiger partial charge on any atom is -0.451 e. The molecule has 0 aliphatic carbocycles. The van der Waals surface area contributed by atoms with Crippen LogP contribution in [0.5, 0.6) is 0 Å². The van der Waals surface area contributed by atoms with Crippen molar-refractivity contribution in [3.05, 3.63) is 51.7 Å². The van der Waals surface area contributed by atoms with Gasteiger partial charge in [0.2, 0.25) is 0 Å². The molecule has 0 bridgehead atoms. The lowest BCUT2D eigenvalue weighted by atomic mass is 10.0. The second-order valence-electron chi connectivity index (χ2n) is 7.01. The van der Waals surface area contributed by atoms with Crippen molar-refractivity contribution in [2.24, 2.45) is 5.92 Å². The Morgan fingerprint density at radius 3 is 2.18 bits per heavy atom. The molecule has 2 atom stereocenters. The molecule has 0 aliphatic heterocycles. The first kappa shape index (κ1) is 21.6. The molecule has 0 spiro atoms. The van der Waals surface area contributed by atoms with Crippen LogP contribution < -0.4 is 10.6 Å². The van der Waals surface area contributed by atoms with E-state index in [2.05, 4.69) is 10.6 Å². The lowest BCUT2D eigenvalue weighted by molar-refractivity contribution is -0.156. The monoisotopic (exact) mass is 402 g/mol. The van der Waals surface area contributed by atoms with Crippen LogP contribution in [0.2, 0.25) is 0 Å². The lowest BCUT2D eigenvalue weighted by Gasteiger charge is -2.23. The highest BCUT2D eigenvalue weighted by Crippen LogP contribution is 2.20. The van der Waals surface area contributed by atoms with Gasteiger partial charge in [-0.05, 0) is 49.3 Å². The normalized spacial score (nSPS) is 12.9. The van der Waals surface area contributed by atoms with Crippen molar-refractivity contribution in [2.45, 2.75) is 46.8 Å². The molecule has 0 saturated carbocycles. The number of benzene rings is 1. The number of ether oxygens (including phenoxy) is 1.